The third-order valence-electron chi connectivity index (χ3n) is 2.74. The van der Waals surface area contributed by atoms with Crippen LogP contribution in [0.2, 0.25) is 0 Å². The van der Waals surface area contributed by atoms with E-state index in [0.29, 0.717) is 0 Å². The Kier molecular flexibility index (Phi) is 3.82. The monoisotopic (exact) mass is 242 g/mol. The number of rotatable bonds is 4. The van der Waals surface area contributed by atoms with Crippen LogP contribution in [0.15, 0.2) is 36.8 Å². The van der Waals surface area contributed by atoms with E-state index in [2.05, 4.69) is 36.2 Å². The summed E-state index contributed by atoms with van der Waals surface area (Å²) in [6, 6.07) is 6.17. The Labute approximate surface area is 108 Å². The van der Waals surface area contributed by atoms with Gasteiger partial charge < -0.3 is 9.30 Å². The zero-order valence-corrected chi connectivity index (χ0v) is 11.1. The lowest BCUT2D eigenvalue weighted by Gasteiger charge is -2.09. The highest BCUT2D eigenvalue weighted by Crippen LogP contribution is 2.25. The van der Waals surface area contributed by atoms with Crippen LogP contribution in [0, 0.1) is 6.92 Å². The SMILES string of the molecule is CCC=Cc1ccc(-n2cnc(C)c2)c(OC)c1. The zero-order chi connectivity index (χ0) is 13.0. The van der Waals surface area contributed by atoms with Crippen molar-refractivity contribution >= 4 is 6.08 Å². The smallest absolute Gasteiger partial charge is 0.143 e. The minimum absolute atomic E-state index is 0.852. The van der Waals surface area contributed by atoms with Crippen molar-refractivity contribution in [2.45, 2.75) is 20.3 Å². The molecule has 1 heterocycles. The van der Waals surface area contributed by atoms with E-state index in [9.17, 15) is 0 Å². The van der Waals surface area contributed by atoms with Gasteiger partial charge >= 0.3 is 0 Å². The van der Waals surface area contributed by atoms with Gasteiger partial charge in [0.15, 0.2) is 0 Å². The standard InChI is InChI=1S/C15H18N2O/c1-4-5-6-13-7-8-14(15(9-13)18-3)17-10-12(2)16-11-17/h5-11H,4H2,1-3H3. The molecule has 0 atom stereocenters. The number of aromatic nitrogens is 2. The number of nitrogens with zero attached hydrogens (tertiary/aromatic N) is 2. The maximum atomic E-state index is 5.45. The van der Waals surface area contributed by atoms with Crippen LogP contribution in [0.4, 0.5) is 0 Å². The number of hydrogen-bond acceptors (Lipinski definition) is 2. The summed E-state index contributed by atoms with van der Waals surface area (Å²) in [4.78, 5) is 4.23. The molecule has 0 aliphatic carbocycles. The second-order valence-electron chi connectivity index (χ2n) is 4.16. The van der Waals surface area contributed by atoms with Gasteiger partial charge in [0, 0.05) is 6.20 Å². The minimum atomic E-state index is 0.852. The summed E-state index contributed by atoms with van der Waals surface area (Å²) in [6.45, 7) is 4.09. The number of allylic oxidation sites excluding steroid dienone is 1. The first-order valence-corrected chi connectivity index (χ1v) is 6.10. The van der Waals surface area contributed by atoms with Crippen LogP contribution < -0.4 is 4.74 Å². The van der Waals surface area contributed by atoms with Gasteiger partial charge in [0.25, 0.3) is 0 Å². The van der Waals surface area contributed by atoms with Crippen molar-refractivity contribution in [1.29, 1.82) is 0 Å². The highest BCUT2D eigenvalue weighted by atomic mass is 16.5. The fourth-order valence-corrected chi connectivity index (χ4v) is 1.82. The summed E-state index contributed by atoms with van der Waals surface area (Å²) >= 11 is 0. The molecule has 0 aliphatic heterocycles. The van der Waals surface area contributed by atoms with Crippen LogP contribution in [0.25, 0.3) is 11.8 Å². The molecule has 0 N–H and O–H groups in total. The second-order valence-corrected chi connectivity index (χ2v) is 4.16. The molecule has 94 valence electrons. The van der Waals surface area contributed by atoms with Crippen LogP contribution in [-0.4, -0.2) is 16.7 Å². The fourth-order valence-electron chi connectivity index (χ4n) is 1.82. The topological polar surface area (TPSA) is 27.1 Å². The third-order valence-corrected chi connectivity index (χ3v) is 2.74. The predicted molar refractivity (Wildman–Crippen MR) is 74.2 cm³/mol. The second kappa shape index (κ2) is 5.54. The molecule has 0 radical (unpaired) electrons. The molecule has 0 saturated carbocycles. The molecule has 1 aromatic heterocycles. The molecule has 0 spiro atoms. The lowest BCUT2D eigenvalue weighted by Crippen LogP contribution is -1.95. The van der Waals surface area contributed by atoms with E-state index < -0.39 is 0 Å². The molecule has 18 heavy (non-hydrogen) atoms. The van der Waals surface area contributed by atoms with Crippen LogP contribution in [-0.2, 0) is 0 Å². The summed E-state index contributed by atoms with van der Waals surface area (Å²) in [7, 11) is 1.69. The van der Waals surface area contributed by atoms with Gasteiger partial charge in [0.1, 0.15) is 5.75 Å². The van der Waals surface area contributed by atoms with Crippen molar-refractivity contribution in [3.63, 3.8) is 0 Å². The number of ether oxygens (including phenoxy) is 1. The molecule has 0 saturated heterocycles. The van der Waals surface area contributed by atoms with Gasteiger partial charge in [-0.05, 0) is 31.0 Å². The van der Waals surface area contributed by atoms with Gasteiger partial charge in [-0.15, -0.1) is 0 Å². The first-order valence-electron chi connectivity index (χ1n) is 6.10. The van der Waals surface area contributed by atoms with Gasteiger partial charge in [0.2, 0.25) is 0 Å². The summed E-state index contributed by atoms with van der Waals surface area (Å²) < 4.78 is 7.42. The quantitative estimate of drug-likeness (QED) is 0.819. The van der Waals surface area contributed by atoms with E-state index in [1.54, 1.807) is 13.4 Å². The molecule has 1 aromatic carbocycles. The van der Waals surface area contributed by atoms with Crippen molar-refractivity contribution < 1.29 is 4.74 Å². The van der Waals surface area contributed by atoms with Gasteiger partial charge in [-0.2, -0.15) is 0 Å². The summed E-state index contributed by atoms with van der Waals surface area (Å²) in [6.07, 6.45) is 9.06. The Morgan fingerprint density at radius 2 is 2.22 bits per heavy atom. The van der Waals surface area contributed by atoms with Crippen molar-refractivity contribution in [1.82, 2.24) is 9.55 Å². The molecular weight excluding hydrogens is 224 g/mol. The lowest BCUT2D eigenvalue weighted by atomic mass is 10.1. The molecular formula is C15H18N2O. The van der Waals surface area contributed by atoms with Gasteiger partial charge in [0.05, 0.1) is 24.8 Å². The number of aryl methyl sites for hydroxylation is 1. The van der Waals surface area contributed by atoms with Crippen LogP contribution >= 0.6 is 0 Å². The van der Waals surface area contributed by atoms with Gasteiger partial charge in [-0.25, -0.2) is 4.98 Å². The van der Waals surface area contributed by atoms with Crippen molar-refractivity contribution in [3.8, 4) is 11.4 Å². The third kappa shape index (κ3) is 2.62. The van der Waals surface area contributed by atoms with Crippen molar-refractivity contribution in [3.05, 3.63) is 48.1 Å². The summed E-state index contributed by atoms with van der Waals surface area (Å²) in [5, 5.41) is 0. The normalized spacial score (nSPS) is 11.1. The Hall–Kier alpha value is -2.03. The number of benzene rings is 1. The van der Waals surface area contributed by atoms with E-state index in [-0.39, 0.29) is 0 Å². The highest BCUT2D eigenvalue weighted by molar-refractivity contribution is 5.58. The molecule has 0 bridgehead atoms. The Morgan fingerprint density at radius 1 is 1.39 bits per heavy atom. The van der Waals surface area contributed by atoms with Crippen molar-refractivity contribution in [2.24, 2.45) is 0 Å². The zero-order valence-electron chi connectivity index (χ0n) is 11.1. The highest BCUT2D eigenvalue weighted by Gasteiger charge is 2.05. The molecule has 2 rings (SSSR count). The maximum absolute atomic E-state index is 5.45. The Balaban J connectivity index is 2.40. The van der Waals surface area contributed by atoms with Gasteiger partial charge in [-0.3, -0.25) is 0 Å². The molecule has 2 aromatic rings. The molecule has 0 amide bonds. The number of methoxy groups -OCH3 is 1. The number of hydrogen-bond donors (Lipinski definition) is 0. The molecule has 0 unspecified atom stereocenters. The average Bonchev–Trinajstić information content (AvgIpc) is 2.82. The van der Waals surface area contributed by atoms with E-state index >= 15 is 0 Å². The molecule has 0 aliphatic rings. The summed E-state index contributed by atoms with van der Waals surface area (Å²) in [5.74, 6) is 0.852. The predicted octanol–water partition coefficient (Wildman–Crippen LogP) is 3.61. The first-order chi connectivity index (χ1) is 8.74. The van der Waals surface area contributed by atoms with Gasteiger partial charge in [-0.1, -0.05) is 25.1 Å². The fraction of sp³-hybridized carbons (Fsp3) is 0.267. The number of imidazole rings is 1. The molecule has 3 heteroatoms. The van der Waals surface area contributed by atoms with E-state index in [4.69, 9.17) is 4.74 Å². The lowest BCUT2D eigenvalue weighted by molar-refractivity contribution is 0.413. The Bertz CT molecular complexity index is 555. The van der Waals surface area contributed by atoms with E-state index in [0.717, 1.165) is 29.1 Å². The minimum Gasteiger partial charge on any atom is -0.495 e. The van der Waals surface area contributed by atoms with Crippen LogP contribution in [0.3, 0.4) is 0 Å². The maximum Gasteiger partial charge on any atom is 0.143 e. The molecule has 0 fully saturated rings. The molecule has 3 nitrogen and oxygen atoms in total. The van der Waals surface area contributed by atoms with Crippen LogP contribution in [0.1, 0.15) is 24.6 Å². The van der Waals surface area contributed by atoms with Crippen molar-refractivity contribution in [2.75, 3.05) is 7.11 Å². The Morgan fingerprint density at radius 3 is 2.83 bits per heavy atom. The average molecular weight is 242 g/mol. The van der Waals surface area contributed by atoms with Crippen LogP contribution in [0.5, 0.6) is 5.75 Å². The largest absolute Gasteiger partial charge is 0.495 e. The first kappa shape index (κ1) is 12.4. The summed E-state index contributed by atoms with van der Waals surface area (Å²) in [5.41, 5.74) is 3.15. The van der Waals surface area contributed by atoms with E-state index in [1.807, 2.05) is 23.8 Å². The van der Waals surface area contributed by atoms with E-state index in [1.165, 1.54) is 0 Å².